The van der Waals surface area contributed by atoms with Crippen molar-refractivity contribution in [2.45, 2.75) is 6.54 Å². The molecule has 1 heterocycles. The van der Waals surface area contributed by atoms with Gasteiger partial charge in [-0.2, -0.15) is 0 Å². The second-order valence-electron chi connectivity index (χ2n) is 4.90. The number of carbonyl (C=O) groups excluding carboxylic acids is 1. The zero-order valence-corrected chi connectivity index (χ0v) is 13.4. The number of benzene rings is 1. The molecular formula is C17H21NO5. The van der Waals surface area contributed by atoms with Gasteiger partial charge in [0.25, 0.3) is 5.91 Å². The molecule has 1 aromatic carbocycles. The minimum Gasteiger partial charge on any atom is -0.497 e. The van der Waals surface area contributed by atoms with Gasteiger partial charge < -0.3 is 23.5 Å². The fraction of sp³-hybridized carbons (Fsp3) is 0.353. The third-order valence-electron chi connectivity index (χ3n) is 3.29. The van der Waals surface area contributed by atoms with E-state index in [1.54, 1.807) is 55.9 Å². The van der Waals surface area contributed by atoms with Crippen molar-refractivity contribution in [2.75, 3.05) is 34.0 Å². The molecule has 0 aliphatic carbocycles. The van der Waals surface area contributed by atoms with Crippen molar-refractivity contribution >= 4 is 5.91 Å². The number of carbonyl (C=O) groups is 1. The van der Waals surface area contributed by atoms with Crippen LogP contribution in [0.25, 0.3) is 0 Å². The predicted molar refractivity (Wildman–Crippen MR) is 84.5 cm³/mol. The van der Waals surface area contributed by atoms with Gasteiger partial charge in [-0.1, -0.05) is 0 Å². The second kappa shape index (κ2) is 8.85. The third-order valence-corrected chi connectivity index (χ3v) is 3.29. The first-order chi connectivity index (χ1) is 11.2. The second-order valence-corrected chi connectivity index (χ2v) is 4.90. The highest BCUT2D eigenvalue weighted by Crippen LogP contribution is 2.17. The zero-order chi connectivity index (χ0) is 16.5. The normalized spacial score (nSPS) is 10.3. The summed E-state index contributed by atoms with van der Waals surface area (Å²) in [6.07, 6.45) is 3.21. The lowest BCUT2D eigenvalue weighted by Gasteiger charge is -2.22. The van der Waals surface area contributed by atoms with Gasteiger partial charge in [-0.25, -0.2) is 0 Å². The summed E-state index contributed by atoms with van der Waals surface area (Å²) >= 11 is 0. The smallest absolute Gasteiger partial charge is 0.260 e. The van der Waals surface area contributed by atoms with E-state index in [4.69, 9.17) is 18.6 Å². The van der Waals surface area contributed by atoms with Crippen LogP contribution >= 0.6 is 0 Å². The molecule has 1 aromatic heterocycles. The van der Waals surface area contributed by atoms with Gasteiger partial charge in [-0.15, -0.1) is 0 Å². The Labute approximate surface area is 135 Å². The molecule has 23 heavy (non-hydrogen) atoms. The van der Waals surface area contributed by atoms with Crippen molar-refractivity contribution < 1.29 is 23.4 Å². The standard InChI is InChI=1S/C17H21NO5/c1-20-10-8-18(11-14-7-9-22-12-14)17(19)13-23-16-5-3-15(21-2)4-6-16/h3-7,9,12H,8,10-11,13H2,1-2H3. The van der Waals surface area contributed by atoms with Crippen LogP contribution in [-0.4, -0.2) is 44.8 Å². The van der Waals surface area contributed by atoms with Crippen molar-refractivity contribution in [1.82, 2.24) is 4.90 Å². The Kier molecular flexibility index (Phi) is 6.50. The Hall–Kier alpha value is -2.47. The molecule has 0 N–H and O–H groups in total. The molecule has 0 fully saturated rings. The van der Waals surface area contributed by atoms with Gasteiger partial charge in [0, 0.05) is 25.8 Å². The molecular weight excluding hydrogens is 298 g/mol. The highest BCUT2D eigenvalue weighted by Gasteiger charge is 2.15. The lowest BCUT2D eigenvalue weighted by molar-refractivity contribution is -0.134. The summed E-state index contributed by atoms with van der Waals surface area (Å²) < 4.78 is 20.7. The van der Waals surface area contributed by atoms with Crippen molar-refractivity contribution in [1.29, 1.82) is 0 Å². The lowest BCUT2D eigenvalue weighted by Crippen LogP contribution is -2.36. The Morgan fingerprint density at radius 3 is 2.48 bits per heavy atom. The van der Waals surface area contributed by atoms with E-state index in [1.807, 2.05) is 6.07 Å². The van der Waals surface area contributed by atoms with E-state index in [2.05, 4.69) is 0 Å². The molecule has 0 radical (unpaired) electrons. The van der Waals surface area contributed by atoms with Gasteiger partial charge in [-0.3, -0.25) is 4.79 Å². The van der Waals surface area contributed by atoms with Gasteiger partial charge in [0.05, 0.1) is 26.2 Å². The highest BCUT2D eigenvalue weighted by molar-refractivity contribution is 5.77. The first-order valence-corrected chi connectivity index (χ1v) is 7.27. The van der Waals surface area contributed by atoms with E-state index in [1.165, 1.54) is 0 Å². The van der Waals surface area contributed by atoms with Crippen molar-refractivity contribution in [3.8, 4) is 11.5 Å². The molecule has 0 aliphatic heterocycles. The van der Waals surface area contributed by atoms with Crippen LogP contribution in [0, 0.1) is 0 Å². The van der Waals surface area contributed by atoms with Crippen LogP contribution in [0.15, 0.2) is 47.3 Å². The van der Waals surface area contributed by atoms with Crippen LogP contribution in [0.2, 0.25) is 0 Å². The molecule has 0 saturated heterocycles. The molecule has 0 atom stereocenters. The maximum atomic E-state index is 12.4. The summed E-state index contributed by atoms with van der Waals surface area (Å²) in [6, 6.07) is 8.93. The van der Waals surface area contributed by atoms with Gasteiger partial charge in [0.15, 0.2) is 6.61 Å². The van der Waals surface area contributed by atoms with E-state index in [0.29, 0.717) is 25.4 Å². The Balaban J connectivity index is 1.90. The Morgan fingerprint density at radius 2 is 1.87 bits per heavy atom. The number of rotatable bonds is 9. The molecule has 6 heteroatoms. The van der Waals surface area contributed by atoms with Crippen LogP contribution < -0.4 is 9.47 Å². The maximum absolute atomic E-state index is 12.4. The molecule has 0 unspecified atom stereocenters. The van der Waals surface area contributed by atoms with Gasteiger partial charge >= 0.3 is 0 Å². The van der Waals surface area contributed by atoms with E-state index in [0.717, 1.165) is 11.3 Å². The molecule has 0 bridgehead atoms. The van der Waals surface area contributed by atoms with Gasteiger partial charge in [0.1, 0.15) is 11.5 Å². The zero-order valence-electron chi connectivity index (χ0n) is 13.4. The summed E-state index contributed by atoms with van der Waals surface area (Å²) in [5.41, 5.74) is 0.930. The summed E-state index contributed by atoms with van der Waals surface area (Å²) in [5.74, 6) is 1.25. The maximum Gasteiger partial charge on any atom is 0.260 e. The van der Waals surface area contributed by atoms with Gasteiger partial charge in [-0.05, 0) is 30.3 Å². The molecule has 0 aliphatic rings. The minimum absolute atomic E-state index is 0.0338. The number of furan rings is 1. The first-order valence-electron chi connectivity index (χ1n) is 7.27. The van der Waals surface area contributed by atoms with E-state index in [9.17, 15) is 4.79 Å². The molecule has 6 nitrogen and oxygen atoms in total. The molecule has 0 spiro atoms. The van der Waals surface area contributed by atoms with Crippen LogP contribution in [-0.2, 0) is 16.1 Å². The van der Waals surface area contributed by atoms with Gasteiger partial charge in [0.2, 0.25) is 0 Å². The molecule has 124 valence electrons. The quantitative estimate of drug-likeness (QED) is 0.710. The first kappa shape index (κ1) is 16.9. The van der Waals surface area contributed by atoms with E-state index >= 15 is 0 Å². The number of hydrogen-bond acceptors (Lipinski definition) is 5. The SMILES string of the molecule is COCCN(Cc1ccoc1)C(=O)COc1ccc(OC)cc1. The van der Waals surface area contributed by atoms with Crippen LogP contribution in [0.1, 0.15) is 5.56 Å². The minimum atomic E-state index is -0.112. The summed E-state index contributed by atoms with van der Waals surface area (Å²) in [7, 11) is 3.21. The fourth-order valence-corrected chi connectivity index (χ4v) is 2.00. The Morgan fingerprint density at radius 1 is 1.13 bits per heavy atom. The number of ether oxygens (including phenoxy) is 3. The molecule has 2 aromatic rings. The largest absolute Gasteiger partial charge is 0.497 e. The molecule has 0 saturated carbocycles. The van der Waals surface area contributed by atoms with Crippen LogP contribution in [0.5, 0.6) is 11.5 Å². The molecule has 1 amide bonds. The topological polar surface area (TPSA) is 61.1 Å². The average Bonchev–Trinajstić information content (AvgIpc) is 3.10. The van der Waals surface area contributed by atoms with Crippen molar-refractivity contribution in [3.05, 3.63) is 48.4 Å². The number of nitrogens with zero attached hydrogens (tertiary/aromatic N) is 1. The highest BCUT2D eigenvalue weighted by atomic mass is 16.5. The fourth-order valence-electron chi connectivity index (χ4n) is 2.00. The summed E-state index contributed by atoms with van der Waals surface area (Å²) in [5, 5.41) is 0. The van der Waals surface area contributed by atoms with Crippen molar-refractivity contribution in [3.63, 3.8) is 0 Å². The van der Waals surface area contributed by atoms with Crippen LogP contribution in [0.3, 0.4) is 0 Å². The monoisotopic (exact) mass is 319 g/mol. The number of amides is 1. The lowest BCUT2D eigenvalue weighted by atomic mass is 10.3. The average molecular weight is 319 g/mol. The Bertz CT molecular complexity index is 580. The van der Waals surface area contributed by atoms with E-state index < -0.39 is 0 Å². The predicted octanol–water partition coefficient (Wildman–Crippen LogP) is 2.34. The van der Waals surface area contributed by atoms with Crippen LogP contribution in [0.4, 0.5) is 0 Å². The third kappa shape index (κ3) is 5.34. The number of methoxy groups -OCH3 is 2. The summed E-state index contributed by atoms with van der Waals surface area (Å²) in [4.78, 5) is 14.0. The van der Waals surface area contributed by atoms with E-state index in [-0.39, 0.29) is 12.5 Å². The van der Waals surface area contributed by atoms with Crippen molar-refractivity contribution in [2.24, 2.45) is 0 Å². The molecule has 2 rings (SSSR count). The number of hydrogen-bond donors (Lipinski definition) is 0. The summed E-state index contributed by atoms with van der Waals surface area (Å²) in [6.45, 7) is 1.39.